The molecular formula is C17H20ClNO2. The molecule has 0 saturated carbocycles. The number of alkyl halides is 1. The fourth-order valence-electron chi connectivity index (χ4n) is 2.64. The van der Waals surface area contributed by atoms with Crippen molar-refractivity contribution in [2.75, 3.05) is 19.6 Å². The molecule has 2 aromatic rings. The molecule has 0 saturated heterocycles. The monoisotopic (exact) mass is 305 g/mol. The van der Waals surface area contributed by atoms with Crippen molar-refractivity contribution in [3.8, 4) is 5.69 Å². The van der Waals surface area contributed by atoms with Crippen molar-refractivity contribution in [2.45, 2.75) is 20.3 Å². The van der Waals surface area contributed by atoms with Crippen molar-refractivity contribution in [3.05, 3.63) is 52.8 Å². The number of ether oxygens (including phenoxy) is 1. The van der Waals surface area contributed by atoms with Gasteiger partial charge in [-0.3, -0.25) is 4.79 Å². The van der Waals surface area contributed by atoms with Crippen LogP contribution in [0.2, 0.25) is 0 Å². The molecule has 0 fully saturated rings. The first-order chi connectivity index (χ1) is 10.1. The third kappa shape index (κ3) is 3.20. The Bertz CT molecular complexity index is 646. The fourth-order valence-corrected chi connectivity index (χ4v) is 2.78. The summed E-state index contributed by atoms with van der Waals surface area (Å²) in [6.45, 7) is 4.63. The third-order valence-corrected chi connectivity index (χ3v) is 3.90. The first kappa shape index (κ1) is 15.8. The lowest BCUT2D eigenvalue weighted by atomic mass is 10.1. The van der Waals surface area contributed by atoms with E-state index < -0.39 is 0 Å². The van der Waals surface area contributed by atoms with E-state index in [1.165, 1.54) is 5.56 Å². The van der Waals surface area contributed by atoms with E-state index in [0.717, 1.165) is 23.5 Å². The van der Waals surface area contributed by atoms with Crippen molar-refractivity contribution >= 4 is 17.4 Å². The van der Waals surface area contributed by atoms with Gasteiger partial charge < -0.3 is 9.30 Å². The molecule has 21 heavy (non-hydrogen) atoms. The number of hydrogen-bond acceptors (Lipinski definition) is 2. The SMILES string of the molecule is COCCc1ccccc1-n1c(C)cc(C(=O)CCl)c1C. The maximum atomic E-state index is 11.9. The Morgan fingerprint density at radius 3 is 2.67 bits per heavy atom. The molecule has 112 valence electrons. The molecule has 2 rings (SSSR count). The average molecular weight is 306 g/mol. The number of carbonyl (C=O) groups is 1. The van der Waals surface area contributed by atoms with Gasteiger partial charge in [-0.25, -0.2) is 0 Å². The molecule has 0 amide bonds. The smallest absolute Gasteiger partial charge is 0.179 e. The number of ketones is 1. The quantitative estimate of drug-likeness (QED) is 0.602. The van der Waals surface area contributed by atoms with E-state index in [1.54, 1.807) is 7.11 Å². The highest BCUT2D eigenvalue weighted by atomic mass is 35.5. The van der Waals surface area contributed by atoms with Crippen LogP contribution in [0, 0.1) is 13.8 Å². The van der Waals surface area contributed by atoms with Crippen molar-refractivity contribution in [1.29, 1.82) is 0 Å². The molecule has 0 spiro atoms. The molecule has 0 atom stereocenters. The summed E-state index contributed by atoms with van der Waals surface area (Å²) in [4.78, 5) is 11.9. The molecule has 4 heteroatoms. The first-order valence-corrected chi connectivity index (χ1v) is 7.49. The lowest BCUT2D eigenvalue weighted by Gasteiger charge is -2.15. The maximum absolute atomic E-state index is 11.9. The molecule has 0 aliphatic heterocycles. The van der Waals surface area contributed by atoms with Crippen LogP contribution in [0.4, 0.5) is 0 Å². The predicted octanol–water partition coefficient (Wildman–Crippen LogP) is 3.70. The second-order valence-electron chi connectivity index (χ2n) is 5.05. The van der Waals surface area contributed by atoms with Crippen LogP contribution < -0.4 is 0 Å². The zero-order chi connectivity index (χ0) is 15.4. The summed E-state index contributed by atoms with van der Waals surface area (Å²) < 4.78 is 7.29. The molecule has 1 aromatic carbocycles. The number of Topliss-reactive ketones (excluding diaryl/α,β-unsaturated/α-hetero) is 1. The van der Waals surface area contributed by atoms with Crippen LogP contribution in [0.1, 0.15) is 27.3 Å². The van der Waals surface area contributed by atoms with Crippen LogP contribution in [0.3, 0.4) is 0 Å². The van der Waals surface area contributed by atoms with E-state index in [9.17, 15) is 4.79 Å². The summed E-state index contributed by atoms with van der Waals surface area (Å²) >= 11 is 5.69. The van der Waals surface area contributed by atoms with E-state index in [-0.39, 0.29) is 11.7 Å². The normalized spacial score (nSPS) is 10.9. The van der Waals surface area contributed by atoms with Gasteiger partial charge >= 0.3 is 0 Å². The highest BCUT2D eigenvalue weighted by Gasteiger charge is 2.17. The third-order valence-electron chi connectivity index (χ3n) is 3.66. The van der Waals surface area contributed by atoms with E-state index in [4.69, 9.17) is 16.3 Å². The number of nitrogens with zero attached hydrogens (tertiary/aromatic N) is 1. The zero-order valence-electron chi connectivity index (χ0n) is 12.6. The molecular weight excluding hydrogens is 286 g/mol. The van der Waals surface area contributed by atoms with Gasteiger partial charge in [-0.1, -0.05) is 18.2 Å². The van der Waals surface area contributed by atoms with Gasteiger partial charge in [0.25, 0.3) is 0 Å². The van der Waals surface area contributed by atoms with Gasteiger partial charge in [-0.2, -0.15) is 0 Å². The summed E-state index contributed by atoms with van der Waals surface area (Å²) in [6.07, 6.45) is 0.836. The van der Waals surface area contributed by atoms with Crippen molar-refractivity contribution in [2.24, 2.45) is 0 Å². The highest BCUT2D eigenvalue weighted by molar-refractivity contribution is 6.30. The molecule has 0 N–H and O–H groups in total. The number of para-hydroxylation sites is 1. The minimum absolute atomic E-state index is 0.00954. The second-order valence-corrected chi connectivity index (χ2v) is 5.32. The topological polar surface area (TPSA) is 31.2 Å². The van der Waals surface area contributed by atoms with Crippen LogP contribution in [-0.2, 0) is 11.2 Å². The largest absolute Gasteiger partial charge is 0.384 e. The van der Waals surface area contributed by atoms with Crippen LogP contribution in [0.5, 0.6) is 0 Å². The number of aryl methyl sites for hydroxylation is 1. The molecule has 0 aliphatic carbocycles. The van der Waals surface area contributed by atoms with Crippen molar-refractivity contribution in [1.82, 2.24) is 4.57 Å². The maximum Gasteiger partial charge on any atom is 0.179 e. The second kappa shape index (κ2) is 6.92. The Hall–Kier alpha value is -1.58. The molecule has 0 bridgehead atoms. The summed E-state index contributed by atoms with van der Waals surface area (Å²) in [5.41, 5.74) is 4.96. The summed E-state index contributed by atoms with van der Waals surface area (Å²) in [6, 6.07) is 10.1. The Labute approximate surface area is 130 Å². The zero-order valence-corrected chi connectivity index (χ0v) is 13.4. The molecule has 0 unspecified atom stereocenters. The number of benzene rings is 1. The van der Waals surface area contributed by atoms with Crippen LogP contribution in [-0.4, -0.2) is 29.9 Å². The standard InChI is InChI=1S/C17H20ClNO2/c1-12-10-15(17(20)11-18)13(2)19(12)16-7-5-4-6-14(16)8-9-21-3/h4-7,10H,8-9,11H2,1-3H3. The molecule has 1 aromatic heterocycles. The summed E-state index contributed by atoms with van der Waals surface area (Å²) in [5, 5.41) is 0. The molecule has 0 radical (unpaired) electrons. The Morgan fingerprint density at radius 2 is 2.00 bits per heavy atom. The summed E-state index contributed by atoms with van der Waals surface area (Å²) in [7, 11) is 1.70. The van der Waals surface area contributed by atoms with Crippen LogP contribution in [0.15, 0.2) is 30.3 Å². The molecule has 3 nitrogen and oxygen atoms in total. The fraction of sp³-hybridized carbons (Fsp3) is 0.353. The molecule has 0 aliphatic rings. The van der Waals surface area contributed by atoms with Crippen LogP contribution in [0.25, 0.3) is 5.69 Å². The van der Waals surface area contributed by atoms with Gasteiger partial charge in [0.05, 0.1) is 12.5 Å². The number of hydrogen-bond donors (Lipinski definition) is 0. The summed E-state index contributed by atoms with van der Waals surface area (Å²) in [5.74, 6) is -0.0271. The van der Waals surface area contributed by atoms with Gasteiger partial charge in [-0.15, -0.1) is 11.6 Å². The Balaban J connectivity index is 2.52. The van der Waals surface area contributed by atoms with E-state index in [1.807, 2.05) is 32.0 Å². The van der Waals surface area contributed by atoms with Gasteiger partial charge in [0, 0.05) is 29.7 Å². The lowest BCUT2D eigenvalue weighted by molar-refractivity contribution is 0.102. The Morgan fingerprint density at radius 1 is 1.29 bits per heavy atom. The van der Waals surface area contributed by atoms with E-state index >= 15 is 0 Å². The first-order valence-electron chi connectivity index (χ1n) is 6.95. The van der Waals surface area contributed by atoms with Crippen molar-refractivity contribution < 1.29 is 9.53 Å². The van der Waals surface area contributed by atoms with Gasteiger partial charge in [-0.05, 0) is 38.0 Å². The number of carbonyl (C=O) groups excluding carboxylic acids is 1. The van der Waals surface area contributed by atoms with Gasteiger partial charge in [0.2, 0.25) is 0 Å². The predicted molar refractivity (Wildman–Crippen MR) is 85.9 cm³/mol. The lowest BCUT2D eigenvalue weighted by Crippen LogP contribution is -2.07. The van der Waals surface area contributed by atoms with Gasteiger partial charge in [0.15, 0.2) is 5.78 Å². The minimum atomic E-state index is -0.0367. The van der Waals surface area contributed by atoms with E-state index in [2.05, 4.69) is 16.7 Å². The minimum Gasteiger partial charge on any atom is -0.384 e. The van der Waals surface area contributed by atoms with Crippen LogP contribution >= 0.6 is 11.6 Å². The number of rotatable bonds is 6. The number of halogens is 1. The number of methoxy groups -OCH3 is 1. The number of aromatic nitrogens is 1. The highest BCUT2D eigenvalue weighted by Crippen LogP contribution is 2.24. The molecule has 1 heterocycles. The average Bonchev–Trinajstić information content (AvgIpc) is 2.79. The van der Waals surface area contributed by atoms with E-state index in [0.29, 0.717) is 12.2 Å². The van der Waals surface area contributed by atoms with Gasteiger partial charge in [0.1, 0.15) is 0 Å². The Kier molecular flexibility index (Phi) is 5.21. The van der Waals surface area contributed by atoms with Crippen molar-refractivity contribution in [3.63, 3.8) is 0 Å².